The highest BCUT2D eigenvalue weighted by Crippen LogP contribution is 2.62. The Morgan fingerprint density at radius 2 is 0.893 bits per heavy atom. The zero-order valence-corrected chi connectivity index (χ0v) is 31.1. The standard InChI is InChI=1S/C53H32N2S/c1-2-14-36-33(13-1)25-30-41-42-31-51-46(53(45-21-9-12-24-50(45)56-51)43-19-7-3-15-37(43)38-16-4-8-20-44(38)53)32-49(42)55(52(36)41)35-28-26-34(27-29-35)54-47-22-10-5-17-39(47)40-18-6-11-23-48(40)54/h1-32H. The van der Waals surface area contributed by atoms with Crippen molar-refractivity contribution in [2.24, 2.45) is 0 Å². The van der Waals surface area contributed by atoms with E-state index in [0.29, 0.717) is 0 Å². The van der Waals surface area contributed by atoms with Crippen molar-refractivity contribution >= 4 is 66.1 Å². The van der Waals surface area contributed by atoms with Crippen molar-refractivity contribution in [1.29, 1.82) is 0 Å². The number of benzene rings is 9. The summed E-state index contributed by atoms with van der Waals surface area (Å²) < 4.78 is 4.94. The van der Waals surface area contributed by atoms with Gasteiger partial charge in [0.2, 0.25) is 0 Å². The fourth-order valence-electron chi connectivity index (χ4n) is 10.3. The first-order chi connectivity index (χ1) is 27.8. The molecule has 260 valence electrons. The van der Waals surface area contributed by atoms with Crippen LogP contribution in [0.2, 0.25) is 0 Å². The Hall–Kier alpha value is -6.81. The van der Waals surface area contributed by atoms with E-state index in [0.717, 1.165) is 11.4 Å². The van der Waals surface area contributed by atoms with Crippen LogP contribution >= 0.6 is 11.8 Å². The lowest BCUT2D eigenvalue weighted by atomic mass is 9.67. The van der Waals surface area contributed by atoms with E-state index in [4.69, 9.17) is 0 Å². The van der Waals surface area contributed by atoms with Gasteiger partial charge in [-0.1, -0.05) is 151 Å². The highest BCUT2D eigenvalue weighted by Gasteiger charge is 2.50. The molecule has 0 atom stereocenters. The molecule has 9 aromatic carbocycles. The summed E-state index contributed by atoms with van der Waals surface area (Å²) in [5.74, 6) is 0. The van der Waals surface area contributed by atoms with Crippen LogP contribution in [0.15, 0.2) is 204 Å². The molecule has 0 fully saturated rings. The van der Waals surface area contributed by atoms with E-state index < -0.39 is 5.41 Å². The number of nitrogens with zero attached hydrogens (tertiary/aromatic N) is 2. The van der Waals surface area contributed by atoms with Gasteiger partial charge in [0, 0.05) is 48.1 Å². The van der Waals surface area contributed by atoms with Gasteiger partial charge < -0.3 is 9.13 Å². The zero-order valence-electron chi connectivity index (χ0n) is 30.3. The van der Waals surface area contributed by atoms with E-state index in [2.05, 4.69) is 203 Å². The van der Waals surface area contributed by atoms with Crippen LogP contribution in [0.1, 0.15) is 22.3 Å². The van der Waals surface area contributed by atoms with Gasteiger partial charge in [0.25, 0.3) is 0 Å². The number of para-hydroxylation sites is 2. The summed E-state index contributed by atoms with van der Waals surface area (Å²) in [5, 5.41) is 7.59. The lowest BCUT2D eigenvalue weighted by Crippen LogP contribution is -2.32. The summed E-state index contributed by atoms with van der Waals surface area (Å²) in [4.78, 5) is 2.64. The molecule has 0 radical (unpaired) electrons. The van der Waals surface area contributed by atoms with Gasteiger partial charge in [0.05, 0.1) is 27.5 Å². The number of hydrogen-bond acceptors (Lipinski definition) is 1. The monoisotopic (exact) mass is 728 g/mol. The number of fused-ring (bicyclic) bond motifs is 17. The first kappa shape index (κ1) is 30.5. The summed E-state index contributed by atoms with van der Waals surface area (Å²) >= 11 is 1.91. The van der Waals surface area contributed by atoms with Crippen molar-refractivity contribution in [3.05, 3.63) is 216 Å². The van der Waals surface area contributed by atoms with Gasteiger partial charge in [-0.2, -0.15) is 0 Å². The van der Waals surface area contributed by atoms with E-state index in [1.165, 1.54) is 97.6 Å². The number of hydrogen-bond donors (Lipinski definition) is 0. The second-order valence-electron chi connectivity index (χ2n) is 15.2. The Kier molecular flexibility index (Phi) is 6.06. The Bertz CT molecular complexity index is 3360. The summed E-state index contributed by atoms with van der Waals surface area (Å²) in [6.07, 6.45) is 0. The average molecular weight is 729 g/mol. The normalized spacial score (nSPS) is 13.8. The molecule has 11 aromatic rings. The van der Waals surface area contributed by atoms with Gasteiger partial charge in [-0.05, 0) is 93.4 Å². The van der Waals surface area contributed by atoms with Crippen LogP contribution in [-0.2, 0) is 5.41 Å². The third-order valence-corrected chi connectivity index (χ3v) is 13.7. The van der Waals surface area contributed by atoms with Gasteiger partial charge in [-0.15, -0.1) is 0 Å². The smallest absolute Gasteiger partial charge is 0.0736 e. The highest BCUT2D eigenvalue weighted by atomic mass is 32.2. The van der Waals surface area contributed by atoms with Crippen molar-refractivity contribution in [3.8, 4) is 22.5 Å². The van der Waals surface area contributed by atoms with E-state index in [1.807, 2.05) is 11.8 Å². The molecule has 0 N–H and O–H groups in total. The summed E-state index contributed by atoms with van der Waals surface area (Å²) in [7, 11) is 0. The van der Waals surface area contributed by atoms with Crippen LogP contribution < -0.4 is 0 Å². The molecule has 0 saturated heterocycles. The Labute approximate surface area is 327 Å². The Balaban J connectivity index is 1.13. The summed E-state index contributed by atoms with van der Waals surface area (Å²) in [6.45, 7) is 0. The summed E-state index contributed by atoms with van der Waals surface area (Å²) in [6, 6.07) is 72.5. The van der Waals surface area contributed by atoms with Crippen LogP contribution in [0, 0.1) is 0 Å². The van der Waals surface area contributed by atoms with Crippen LogP contribution in [-0.4, -0.2) is 9.13 Å². The summed E-state index contributed by atoms with van der Waals surface area (Å²) in [5.41, 5.74) is 14.8. The molecule has 56 heavy (non-hydrogen) atoms. The van der Waals surface area contributed by atoms with Gasteiger partial charge in [0.15, 0.2) is 0 Å². The van der Waals surface area contributed by atoms with Gasteiger partial charge in [0.1, 0.15) is 0 Å². The van der Waals surface area contributed by atoms with E-state index in [1.54, 1.807) is 0 Å². The van der Waals surface area contributed by atoms with Gasteiger partial charge in [-0.3, -0.25) is 0 Å². The molecule has 1 spiro atoms. The first-order valence-electron chi connectivity index (χ1n) is 19.4. The molecule has 1 aliphatic heterocycles. The molecule has 0 amide bonds. The van der Waals surface area contributed by atoms with Gasteiger partial charge >= 0.3 is 0 Å². The zero-order chi connectivity index (χ0) is 36.5. The van der Waals surface area contributed by atoms with Crippen molar-refractivity contribution in [1.82, 2.24) is 9.13 Å². The Morgan fingerprint density at radius 3 is 1.59 bits per heavy atom. The molecule has 0 unspecified atom stereocenters. The third-order valence-electron chi connectivity index (χ3n) is 12.6. The SMILES string of the molecule is c1ccc2c(c1)Sc1cc3c4ccc5ccccc5c4n(-c4ccc(-n5c6ccccc6c6ccccc65)cc4)c3cc1C21c2ccccc2-c2ccccc21. The largest absolute Gasteiger partial charge is 0.309 e. The van der Waals surface area contributed by atoms with Crippen LogP contribution in [0.25, 0.3) is 76.9 Å². The van der Waals surface area contributed by atoms with Crippen molar-refractivity contribution in [3.63, 3.8) is 0 Å². The lowest BCUT2D eigenvalue weighted by molar-refractivity contribution is 0.724. The maximum Gasteiger partial charge on any atom is 0.0736 e. The molecule has 0 saturated carbocycles. The van der Waals surface area contributed by atoms with E-state index in [9.17, 15) is 0 Å². The number of aromatic nitrogens is 2. The van der Waals surface area contributed by atoms with Crippen molar-refractivity contribution in [2.75, 3.05) is 0 Å². The molecule has 1 aliphatic carbocycles. The molecule has 3 heteroatoms. The topological polar surface area (TPSA) is 9.86 Å². The molecular weight excluding hydrogens is 697 g/mol. The minimum absolute atomic E-state index is 0.442. The second kappa shape index (κ2) is 11.1. The predicted octanol–water partition coefficient (Wildman–Crippen LogP) is 13.9. The second-order valence-corrected chi connectivity index (χ2v) is 16.3. The quantitative estimate of drug-likeness (QED) is 0.172. The van der Waals surface area contributed by atoms with Gasteiger partial charge in [-0.25, -0.2) is 0 Å². The molecule has 3 heterocycles. The van der Waals surface area contributed by atoms with Crippen molar-refractivity contribution in [2.45, 2.75) is 15.2 Å². The predicted molar refractivity (Wildman–Crippen MR) is 234 cm³/mol. The minimum Gasteiger partial charge on any atom is -0.309 e. The van der Waals surface area contributed by atoms with Crippen LogP contribution in [0.3, 0.4) is 0 Å². The molecule has 13 rings (SSSR count). The Morgan fingerprint density at radius 1 is 0.339 bits per heavy atom. The fraction of sp³-hybridized carbons (Fsp3) is 0.0189. The molecular formula is C53H32N2S. The molecule has 2 aromatic heterocycles. The fourth-order valence-corrected chi connectivity index (χ4v) is 11.6. The first-order valence-corrected chi connectivity index (χ1v) is 20.2. The van der Waals surface area contributed by atoms with Crippen LogP contribution in [0.4, 0.5) is 0 Å². The molecule has 2 nitrogen and oxygen atoms in total. The molecule has 0 bridgehead atoms. The number of rotatable bonds is 2. The van der Waals surface area contributed by atoms with E-state index >= 15 is 0 Å². The minimum atomic E-state index is -0.442. The van der Waals surface area contributed by atoms with E-state index in [-0.39, 0.29) is 0 Å². The maximum atomic E-state index is 2.54. The van der Waals surface area contributed by atoms with Crippen molar-refractivity contribution < 1.29 is 0 Å². The highest BCUT2D eigenvalue weighted by molar-refractivity contribution is 7.99. The average Bonchev–Trinajstić information content (AvgIpc) is 3.88. The molecule has 2 aliphatic rings. The third kappa shape index (κ3) is 3.83. The maximum absolute atomic E-state index is 2.54. The van der Waals surface area contributed by atoms with Crippen LogP contribution in [0.5, 0.6) is 0 Å². The lowest BCUT2D eigenvalue weighted by Gasteiger charge is -2.39.